The Morgan fingerprint density at radius 3 is 2.42 bits per heavy atom. The Hall–Kier alpha value is -3.95. The van der Waals surface area contributed by atoms with E-state index in [0.29, 0.717) is 57.4 Å². The summed E-state index contributed by atoms with van der Waals surface area (Å²) in [5.41, 5.74) is 10.9. The van der Waals surface area contributed by atoms with Crippen LogP contribution in [-0.4, -0.2) is 74.2 Å². The molecule has 0 spiro atoms. The molecule has 2 heterocycles. The predicted octanol–water partition coefficient (Wildman–Crippen LogP) is 5.58. The Kier molecular flexibility index (Phi) is 10.3. The molecule has 0 unspecified atom stereocenters. The first-order valence-corrected chi connectivity index (χ1v) is 15.3. The van der Waals surface area contributed by atoms with Gasteiger partial charge in [-0.15, -0.1) is 0 Å². The molecular weight excluding hydrogens is 545 g/mol. The number of carbonyl (C=O) groups excluding carboxylic acids is 2. The molecule has 0 bridgehead atoms. The number of hydrogen-bond donors (Lipinski definition) is 2. The lowest BCUT2D eigenvalue weighted by Gasteiger charge is -2.33. The number of urea groups is 1. The molecular formula is C34H42FN5O3. The highest BCUT2D eigenvalue weighted by molar-refractivity contribution is 6.06. The van der Waals surface area contributed by atoms with E-state index in [4.69, 9.17) is 10.5 Å². The molecule has 3 amide bonds. The Labute approximate surface area is 253 Å². The van der Waals surface area contributed by atoms with Crippen LogP contribution in [0.1, 0.15) is 42.1 Å². The molecule has 2 fully saturated rings. The lowest BCUT2D eigenvalue weighted by molar-refractivity contribution is 0.0425. The molecule has 5 rings (SSSR count). The maximum Gasteiger partial charge on any atom is 0.320 e. The van der Waals surface area contributed by atoms with Gasteiger partial charge < -0.3 is 30.5 Å². The van der Waals surface area contributed by atoms with Crippen molar-refractivity contribution >= 4 is 23.3 Å². The van der Waals surface area contributed by atoms with Crippen molar-refractivity contribution in [3.8, 4) is 11.1 Å². The van der Waals surface area contributed by atoms with Gasteiger partial charge in [0.15, 0.2) is 0 Å². The molecule has 3 aromatic rings. The average Bonchev–Trinajstić information content (AvgIpc) is 3.04. The van der Waals surface area contributed by atoms with Crippen molar-refractivity contribution in [2.75, 3.05) is 62.7 Å². The summed E-state index contributed by atoms with van der Waals surface area (Å²) in [6.45, 7) is 7.98. The fourth-order valence-electron chi connectivity index (χ4n) is 5.69. The van der Waals surface area contributed by atoms with Gasteiger partial charge in [0.05, 0.1) is 24.6 Å². The Balaban J connectivity index is 1.40. The number of nitrogens with two attached hydrogens (primary N) is 1. The van der Waals surface area contributed by atoms with Gasteiger partial charge in [0.2, 0.25) is 0 Å². The van der Waals surface area contributed by atoms with E-state index in [1.54, 1.807) is 0 Å². The van der Waals surface area contributed by atoms with E-state index in [1.807, 2.05) is 34.1 Å². The van der Waals surface area contributed by atoms with Crippen molar-refractivity contribution in [3.05, 3.63) is 83.7 Å². The van der Waals surface area contributed by atoms with E-state index in [2.05, 4.69) is 35.3 Å². The minimum atomic E-state index is -0.380. The SMILES string of the molecule is CC1CCN(c2ccc(-c3cccc(CN(CCCN)C(=O)N4CCOCC4)c3)cc2NC(=O)c2ccc(F)cc2)CC1. The summed E-state index contributed by atoms with van der Waals surface area (Å²) in [5, 5.41) is 3.10. The number of nitrogens with zero attached hydrogens (tertiary/aromatic N) is 3. The monoisotopic (exact) mass is 587 g/mol. The smallest absolute Gasteiger partial charge is 0.320 e. The summed E-state index contributed by atoms with van der Waals surface area (Å²) in [7, 11) is 0. The molecule has 2 aliphatic rings. The van der Waals surface area contributed by atoms with Crippen molar-refractivity contribution < 1.29 is 18.7 Å². The van der Waals surface area contributed by atoms with Crippen molar-refractivity contribution in [1.82, 2.24) is 9.80 Å². The zero-order chi connectivity index (χ0) is 30.2. The molecule has 9 heteroatoms. The molecule has 3 N–H and O–H groups in total. The van der Waals surface area contributed by atoms with Crippen LogP contribution in [0.15, 0.2) is 66.7 Å². The Morgan fingerprint density at radius 1 is 0.977 bits per heavy atom. The number of halogens is 1. The number of ether oxygens (including phenoxy) is 1. The second-order valence-electron chi connectivity index (χ2n) is 11.5. The zero-order valence-corrected chi connectivity index (χ0v) is 24.9. The van der Waals surface area contributed by atoms with Gasteiger partial charge in [0.25, 0.3) is 5.91 Å². The van der Waals surface area contributed by atoms with Gasteiger partial charge in [-0.05, 0) is 90.9 Å². The normalized spacial score (nSPS) is 15.8. The highest BCUT2D eigenvalue weighted by atomic mass is 19.1. The van der Waals surface area contributed by atoms with Crippen LogP contribution in [-0.2, 0) is 11.3 Å². The van der Waals surface area contributed by atoms with E-state index in [9.17, 15) is 14.0 Å². The quantitative estimate of drug-likeness (QED) is 0.341. The third kappa shape index (κ3) is 7.91. The molecule has 0 atom stereocenters. The summed E-state index contributed by atoms with van der Waals surface area (Å²) in [4.78, 5) is 32.6. The first kappa shape index (κ1) is 30.5. The predicted molar refractivity (Wildman–Crippen MR) is 169 cm³/mol. The number of rotatable bonds is 9. The molecule has 0 radical (unpaired) electrons. The molecule has 0 aliphatic carbocycles. The molecule has 2 aliphatic heterocycles. The fraction of sp³-hybridized carbons (Fsp3) is 0.412. The van der Waals surface area contributed by atoms with Gasteiger partial charge in [0.1, 0.15) is 5.82 Å². The second-order valence-corrected chi connectivity index (χ2v) is 11.5. The average molecular weight is 588 g/mol. The molecule has 0 aromatic heterocycles. The summed E-state index contributed by atoms with van der Waals surface area (Å²) in [6.07, 6.45) is 2.92. The first-order chi connectivity index (χ1) is 20.9. The number of hydrogen-bond acceptors (Lipinski definition) is 5. The van der Waals surface area contributed by atoms with Gasteiger partial charge in [0, 0.05) is 44.8 Å². The third-order valence-corrected chi connectivity index (χ3v) is 8.29. The lowest BCUT2D eigenvalue weighted by Crippen LogP contribution is -2.48. The number of nitrogens with one attached hydrogen (secondary N) is 1. The highest BCUT2D eigenvalue weighted by Crippen LogP contribution is 2.35. The van der Waals surface area contributed by atoms with E-state index >= 15 is 0 Å². The maximum atomic E-state index is 13.5. The van der Waals surface area contributed by atoms with E-state index in [0.717, 1.165) is 60.4 Å². The Bertz CT molecular complexity index is 1390. The topological polar surface area (TPSA) is 91.1 Å². The molecule has 8 nitrogen and oxygen atoms in total. The summed E-state index contributed by atoms with van der Waals surface area (Å²) < 4.78 is 18.9. The number of benzene rings is 3. The summed E-state index contributed by atoms with van der Waals surface area (Å²) in [6, 6.07) is 19.9. The van der Waals surface area contributed by atoms with Crippen LogP contribution in [0, 0.1) is 11.7 Å². The summed E-state index contributed by atoms with van der Waals surface area (Å²) >= 11 is 0. The number of carbonyl (C=O) groups is 2. The van der Waals surface area contributed by atoms with Crippen molar-refractivity contribution in [2.24, 2.45) is 11.7 Å². The molecule has 228 valence electrons. The van der Waals surface area contributed by atoms with Crippen LogP contribution >= 0.6 is 0 Å². The maximum absolute atomic E-state index is 13.5. The Morgan fingerprint density at radius 2 is 1.70 bits per heavy atom. The zero-order valence-electron chi connectivity index (χ0n) is 24.9. The number of amides is 3. The van der Waals surface area contributed by atoms with Gasteiger partial charge in [-0.3, -0.25) is 4.79 Å². The van der Waals surface area contributed by atoms with Crippen LogP contribution in [0.5, 0.6) is 0 Å². The minimum absolute atomic E-state index is 0.00754. The first-order valence-electron chi connectivity index (χ1n) is 15.3. The van der Waals surface area contributed by atoms with Crippen LogP contribution < -0.4 is 16.0 Å². The fourth-order valence-corrected chi connectivity index (χ4v) is 5.69. The minimum Gasteiger partial charge on any atom is -0.378 e. The molecule has 43 heavy (non-hydrogen) atoms. The standard InChI is InChI=1S/C34H42FN5O3/c1-25-12-16-38(17-13-25)32-11-8-29(23-31(32)37-33(41)27-6-9-30(35)10-7-27)28-5-2-4-26(22-28)24-40(15-3-14-36)34(42)39-18-20-43-21-19-39/h2,4-11,22-23,25H,3,12-21,24,36H2,1H3,(H,37,41). The second kappa shape index (κ2) is 14.5. The number of anilines is 2. The number of piperidine rings is 1. The van der Waals surface area contributed by atoms with Crippen molar-refractivity contribution in [1.29, 1.82) is 0 Å². The van der Waals surface area contributed by atoms with E-state index in [1.165, 1.54) is 24.3 Å². The highest BCUT2D eigenvalue weighted by Gasteiger charge is 2.24. The van der Waals surface area contributed by atoms with Crippen LogP contribution in [0.2, 0.25) is 0 Å². The number of morpholine rings is 1. The van der Waals surface area contributed by atoms with Gasteiger partial charge in [-0.25, -0.2) is 9.18 Å². The van der Waals surface area contributed by atoms with E-state index < -0.39 is 0 Å². The van der Waals surface area contributed by atoms with Crippen molar-refractivity contribution in [3.63, 3.8) is 0 Å². The van der Waals surface area contributed by atoms with Crippen LogP contribution in [0.3, 0.4) is 0 Å². The van der Waals surface area contributed by atoms with Crippen LogP contribution in [0.25, 0.3) is 11.1 Å². The lowest BCUT2D eigenvalue weighted by atomic mass is 9.97. The van der Waals surface area contributed by atoms with Crippen LogP contribution in [0.4, 0.5) is 20.6 Å². The van der Waals surface area contributed by atoms with Gasteiger partial charge in [-0.1, -0.05) is 31.2 Å². The summed E-state index contributed by atoms with van der Waals surface area (Å²) in [5.74, 6) is 0.0135. The van der Waals surface area contributed by atoms with E-state index in [-0.39, 0.29) is 17.8 Å². The van der Waals surface area contributed by atoms with Crippen molar-refractivity contribution in [2.45, 2.75) is 32.7 Å². The van der Waals surface area contributed by atoms with Gasteiger partial charge in [-0.2, -0.15) is 0 Å². The molecule has 2 saturated heterocycles. The molecule has 0 saturated carbocycles. The largest absolute Gasteiger partial charge is 0.378 e. The third-order valence-electron chi connectivity index (χ3n) is 8.29. The van der Waals surface area contributed by atoms with Gasteiger partial charge >= 0.3 is 6.03 Å². The molecule has 3 aromatic carbocycles.